The number of nitrogens with one attached hydrogen (secondary N) is 2. The van der Waals surface area contributed by atoms with Crippen LogP contribution >= 0.6 is 23.2 Å². The average Bonchev–Trinajstić information content (AvgIpc) is 2.71. The Labute approximate surface area is 178 Å². The van der Waals surface area contributed by atoms with E-state index in [1.807, 2.05) is 37.3 Å². The van der Waals surface area contributed by atoms with Crippen molar-refractivity contribution in [3.05, 3.63) is 93.0 Å². The first-order valence-corrected chi connectivity index (χ1v) is 9.71. The Morgan fingerprint density at radius 1 is 1.10 bits per heavy atom. The summed E-state index contributed by atoms with van der Waals surface area (Å²) in [5, 5.41) is 6.72. The summed E-state index contributed by atoms with van der Waals surface area (Å²) in [6.45, 7) is 1.93. The highest BCUT2D eigenvalue weighted by Crippen LogP contribution is 2.32. The van der Waals surface area contributed by atoms with Gasteiger partial charge in [-0.3, -0.25) is 10.5 Å². The summed E-state index contributed by atoms with van der Waals surface area (Å²) in [6.07, 6.45) is 1.74. The molecule has 0 radical (unpaired) electrons. The predicted molar refractivity (Wildman–Crippen MR) is 119 cm³/mol. The lowest BCUT2D eigenvalue weighted by molar-refractivity contribution is 0.102. The second-order valence-electron chi connectivity index (χ2n) is 6.82. The van der Waals surface area contributed by atoms with Crippen LogP contribution in [0.4, 0.5) is 11.4 Å². The van der Waals surface area contributed by atoms with Crippen LogP contribution in [0.5, 0.6) is 0 Å². The number of hydrogen-bond donors (Lipinski definition) is 3. The number of benzene rings is 3. The van der Waals surface area contributed by atoms with Gasteiger partial charge in [0.05, 0.1) is 15.7 Å². The van der Waals surface area contributed by atoms with Gasteiger partial charge < -0.3 is 10.6 Å². The van der Waals surface area contributed by atoms with E-state index < -0.39 is 5.79 Å². The standard InChI is InChI=1S/C22H18Cl2N4O/c1-13-9-10-14(21(29)27-19-8-4-6-17(23)20(19)24)11-16(13)22(25)26-12-15-5-2-3-7-18(15)28-22/h2-12,28H,25H2,1H3,(H,27,29). The molecule has 0 aliphatic carbocycles. The molecule has 3 aromatic carbocycles. The zero-order chi connectivity index (χ0) is 20.6. The average molecular weight is 425 g/mol. The molecular formula is C22H18Cl2N4O. The number of aryl methyl sites for hydroxylation is 1. The number of amides is 1. The van der Waals surface area contributed by atoms with Crippen LogP contribution in [0, 0.1) is 6.92 Å². The molecular weight excluding hydrogens is 407 g/mol. The van der Waals surface area contributed by atoms with Crippen molar-refractivity contribution in [3.63, 3.8) is 0 Å². The molecule has 1 atom stereocenters. The molecule has 0 fully saturated rings. The number of para-hydroxylation sites is 1. The third-order valence-electron chi connectivity index (χ3n) is 4.80. The molecule has 1 unspecified atom stereocenters. The second kappa shape index (κ2) is 7.52. The van der Waals surface area contributed by atoms with Crippen LogP contribution in [0.25, 0.3) is 0 Å². The molecule has 29 heavy (non-hydrogen) atoms. The van der Waals surface area contributed by atoms with E-state index in [1.54, 1.807) is 36.5 Å². The maximum Gasteiger partial charge on any atom is 0.255 e. The molecule has 4 N–H and O–H groups in total. The third kappa shape index (κ3) is 3.72. The normalized spacial score (nSPS) is 17.4. The Balaban J connectivity index is 1.66. The van der Waals surface area contributed by atoms with E-state index in [4.69, 9.17) is 28.9 Å². The Kier molecular flexibility index (Phi) is 5.04. The van der Waals surface area contributed by atoms with Crippen LogP contribution in [0.2, 0.25) is 10.0 Å². The van der Waals surface area contributed by atoms with Gasteiger partial charge >= 0.3 is 0 Å². The lowest BCUT2D eigenvalue weighted by Gasteiger charge is -2.33. The summed E-state index contributed by atoms with van der Waals surface area (Å²) < 4.78 is 0. The first-order chi connectivity index (χ1) is 13.9. The minimum Gasteiger partial charge on any atom is -0.345 e. The fourth-order valence-corrected chi connectivity index (χ4v) is 3.59. The second-order valence-corrected chi connectivity index (χ2v) is 7.61. The summed E-state index contributed by atoms with van der Waals surface area (Å²) in [5.41, 5.74) is 10.9. The topological polar surface area (TPSA) is 79.5 Å². The molecule has 4 rings (SSSR count). The minimum atomic E-state index is -1.18. The Bertz CT molecular complexity index is 1150. The monoisotopic (exact) mass is 424 g/mol. The molecule has 0 saturated carbocycles. The van der Waals surface area contributed by atoms with Crippen molar-refractivity contribution in [2.75, 3.05) is 10.6 Å². The fraction of sp³-hybridized carbons (Fsp3) is 0.0909. The van der Waals surface area contributed by atoms with Gasteiger partial charge in [-0.25, -0.2) is 4.99 Å². The summed E-state index contributed by atoms with van der Waals surface area (Å²) >= 11 is 12.2. The fourth-order valence-electron chi connectivity index (χ4n) is 3.24. The van der Waals surface area contributed by atoms with Crippen LogP contribution in [0.3, 0.4) is 0 Å². The number of nitrogens with zero attached hydrogens (tertiary/aromatic N) is 1. The van der Waals surface area contributed by atoms with E-state index in [-0.39, 0.29) is 5.91 Å². The molecule has 1 heterocycles. The molecule has 1 aliphatic rings. The number of anilines is 2. The number of rotatable bonds is 3. The van der Waals surface area contributed by atoms with Crippen molar-refractivity contribution in [2.45, 2.75) is 12.7 Å². The summed E-state index contributed by atoms with van der Waals surface area (Å²) in [7, 11) is 0. The van der Waals surface area contributed by atoms with Gasteiger partial charge in [0.2, 0.25) is 5.79 Å². The van der Waals surface area contributed by atoms with E-state index in [1.165, 1.54) is 0 Å². The van der Waals surface area contributed by atoms with Gasteiger partial charge in [-0.2, -0.15) is 0 Å². The quantitative estimate of drug-likeness (QED) is 0.542. The predicted octanol–water partition coefficient (Wildman–Crippen LogP) is 5.17. The smallest absolute Gasteiger partial charge is 0.255 e. The lowest BCUT2D eigenvalue weighted by Crippen LogP contribution is -2.45. The maximum absolute atomic E-state index is 12.8. The highest BCUT2D eigenvalue weighted by molar-refractivity contribution is 6.44. The number of carbonyl (C=O) groups excluding carboxylic acids is 1. The number of fused-ring (bicyclic) bond motifs is 1. The van der Waals surface area contributed by atoms with Gasteiger partial charge in [0.15, 0.2) is 0 Å². The summed E-state index contributed by atoms with van der Waals surface area (Å²) in [5.74, 6) is -1.50. The zero-order valence-corrected chi connectivity index (χ0v) is 17.1. The van der Waals surface area contributed by atoms with Crippen molar-refractivity contribution in [1.29, 1.82) is 0 Å². The molecule has 0 spiro atoms. The van der Waals surface area contributed by atoms with E-state index in [9.17, 15) is 4.79 Å². The number of halogens is 2. The SMILES string of the molecule is Cc1ccc(C(=O)Nc2cccc(Cl)c2Cl)cc1C1(N)N=Cc2ccccc2N1. The molecule has 7 heteroatoms. The number of hydrogen-bond acceptors (Lipinski definition) is 4. The number of nitrogens with two attached hydrogens (primary N) is 1. The molecule has 5 nitrogen and oxygen atoms in total. The largest absolute Gasteiger partial charge is 0.345 e. The van der Waals surface area contributed by atoms with Gasteiger partial charge in [0.25, 0.3) is 5.91 Å². The van der Waals surface area contributed by atoms with Crippen molar-refractivity contribution >= 4 is 46.7 Å². The Morgan fingerprint density at radius 2 is 1.90 bits per heavy atom. The highest BCUT2D eigenvalue weighted by Gasteiger charge is 2.31. The molecule has 1 aliphatic heterocycles. The van der Waals surface area contributed by atoms with E-state index >= 15 is 0 Å². The first kappa shape index (κ1) is 19.5. The summed E-state index contributed by atoms with van der Waals surface area (Å²) in [6, 6.07) is 18.1. The third-order valence-corrected chi connectivity index (χ3v) is 5.62. The highest BCUT2D eigenvalue weighted by atomic mass is 35.5. The summed E-state index contributed by atoms with van der Waals surface area (Å²) in [4.78, 5) is 17.3. The first-order valence-electron chi connectivity index (χ1n) is 8.95. The van der Waals surface area contributed by atoms with Crippen molar-refractivity contribution in [2.24, 2.45) is 10.7 Å². The van der Waals surface area contributed by atoms with Crippen LogP contribution in [0.15, 0.2) is 65.7 Å². The van der Waals surface area contributed by atoms with Gasteiger partial charge in [-0.1, -0.05) is 53.5 Å². The maximum atomic E-state index is 12.8. The van der Waals surface area contributed by atoms with Gasteiger partial charge in [-0.05, 0) is 42.8 Å². The van der Waals surface area contributed by atoms with Crippen molar-refractivity contribution < 1.29 is 4.79 Å². The number of carbonyl (C=O) groups is 1. The molecule has 0 aromatic heterocycles. The van der Waals surface area contributed by atoms with Crippen molar-refractivity contribution in [3.8, 4) is 0 Å². The van der Waals surface area contributed by atoms with Crippen LogP contribution in [-0.2, 0) is 5.79 Å². The van der Waals surface area contributed by atoms with Gasteiger partial charge in [0.1, 0.15) is 0 Å². The Hall–Kier alpha value is -2.86. The van der Waals surface area contributed by atoms with E-state index in [0.29, 0.717) is 26.9 Å². The van der Waals surface area contributed by atoms with Crippen LogP contribution < -0.4 is 16.4 Å². The Morgan fingerprint density at radius 3 is 2.72 bits per heavy atom. The molecule has 3 aromatic rings. The molecule has 146 valence electrons. The molecule has 1 amide bonds. The minimum absolute atomic E-state index is 0.292. The van der Waals surface area contributed by atoms with Crippen molar-refractivity contribution in [1.82, 2.24) is 0 Å². The molecule has 0 saturated heterocycles. The van der Waals surface area contributed by atoms with Gasteiger partial charge in [0, 0.05) is 28.6 Å². The lowest BCUT2D eigenvalue weighted by atomic mass is 9.97. The van der Waals surface area contributed by atoms with Gasteiger partial charge in [-0.15, -0.1) is 0 Å². The zero-order valence-electron chi connectivity index (χ0n) is 15.5. The van der Waals surface area contributed by atoms with E-state index in [0.717, 1.165) is 16.8 Å². The molecule has 0 bridgehead atoms. The van der Waals surface area contributed by atoms with E-state index in [2.05, 4.69) is 15.6 Å². The number of aliphatic imine (C=N–C) groups is 1. The van der Waals surface area contributed by atoms with Crippen LogP contribution in [0.1, 0.15) is 27.0 Å². The van der Waals surface area contributed by atoms with Crippen LogP contribution in [-0.4, -0.2) is 12.1 Å².